The van der Waals surface area contributed by atoms with Crippen molar-refractivity contribution in [2.45, 2.75) is 31.7 Å². The minimum atomic E-state index is 0.797. The maximum atomic E-state index is 3.84. The number of rotatable bonds is 2. The van der Waals surface area contributed by atoms with Crippen molar-refractivity contribution in [1.82, 2.24) is 4.90 Å². The smallest absolute Gasteiger partial charge is 0.00895 e. The highest BCUT2D eigenvalue weighted by Gasteiger charge is 2.19. The molecule has 11 heavy (non-hydrogen) atoms. The lowest BCUT2D eigenvalue weighted by Gasteiger charge is -2.31. The van der Waals surface area contributed by atoms with Crippen molar-refractivity contribution in [3.8, 4) is 0 Å². The van der Waals surface area contributed by atoms with Crippen LogP contribution in [0.4, 0.5) is 0 Å². The molecule has 0 amide bonds. The summed E-state index contributed by atoms with van der Waals surface area (Å²) in [7, 11) is 4.36. The Kier molecular flexibility index (Phi) is 3.13. The van der Waals surface area contributed by atoms with Crippen molar-refractivity contribution in [3.63, 3.8) is 0 Å². The second-order valence-corrected chi connectivity index (χ2v) is 3.77. The number of nitrogens with zero attached hydrogens (tertiary/aromatic N) is 1. The monoisotopic (exact) mass is 153 g/mol. The van der Waals surface area contributed by atoms with Crippen LogP contribution in [0.3, 0.4) is 0 Å². The van der Waals surface area contributed by atoms with Gasteiger partial charge in [-0.25, -0.2) is 0 Å². The minimum Gasteiger partial charge on any atom is -0.306 e. The second-order valence-electron chi connectivity index (χ2n) is 3.77. The van der Waals surface area contributed by atoms with Gasteiger partial charge < -0.3 is 4.90 Å². The van der Waals surface area contributed by atoms with Crippen LogP contribution in [0.5, 0.6) is 0 Å². The summed E-state index contributed by atoms with van der Waals surface area (Å²) in [5.74, 6) is 0.797. The average molecular weight is 153 g/mol. The van der Waals surface area contributed by atoms with Gasteiger partial charge in [0.05, 0.1) is 0 Å². The fourth-order valence-electron chi connectivity index (χ4n) is 1.85. The molecular formula is C10H19N. The SMILES string of the molecule is C=CC1CCC(N(C)C)CC1. The summed E-state index contributed by atoms with van der Waals surface area (Å²) in [5.41, 5.74) is 0. The molecule has 0 saturated heterocycles. The van der Waals surface area contributed by atoms with Crippen molar-refractivity contribution in [3.05, 3.63) is 12.7 Å². The van der Waals surface area contributed by atoms with Crippen molar-refractivity contribution in [2.24, 2.45) is 5.92 Å². The highest BCUT2D eigenvalue weighted by Crippen LogP contribution is 2.26. The van der Waals surface area contributed by atoms with Crippen LogP contribution in [0.2, 0.25) is 0 Å². The number of allylic oxidation sites excluding steroid dienone is 1. The molecule has 0 aromatic rings. The maximum absolute atomic E-state index is 3.84. The summed E-state index contributed by atoms with van der Waals surface area (Å²) in [6, 6.07) is 0.825. The molecule has 0 heterocycles. The Labute approximate surface area is 70.1 Å². The first-order chi connectivity index (χ1) is 5.24. The molecule has 1 aliphatic rings. The van der Waals surface area contributed by atoms with E-state index in [4.69, 9.17) is 0 Å². The van der Waals surface area contributed by atoms with E-state index in [2.05, 4.69) is 31.7 Å². The van der Waals surface area contributed by atoms with Gasteiger partial charge in [0.25, 0.3) is 0 Å². The highest BCUT2D eigenvalue weighted by atomic mass is 15.1. The van der Waals surface area contributed by atoms with Gasteiger partial charge in [-0.3, -0.25) is 0 Å². The summed E-state index contributed by atoms with van der Waals surface area (Å²) in [4.78, 5) is 2.35. The van der Waals surface area contributed by atoms with Crippen LogP contribution in [0.1, 0.15) is 25.7 Å². The molecule has 0 spiro atoms. The van der Waals surface area contributed by atoms with E-state index < -0.39 is 0 Å². The fourth-order valence-corrected chi connectivity index (χ4v) is 1.85. The summed E-state index contributed by atoms with van der Waals surface area (Å²) in [6.07, 6.45) is 7.50. The average Bonchev–Trinajstić information content (AvgIpc) is 2.05. The third-order valence-electron chi connectivity index (χ3n) is 2.80. The van der Waals surface area contributed by atoms with Gasteiger partial charge in [0, 0.05) is 6.04 Å². The molecule has 0 aliphatic heterocycles. The van der Waals surface area contributed by atoms with Crippen LogP contribution >= 0.6 is 0 Å². The van der Waals surface area contributed by atoms with Crippen LogP contribution in [0, 0.1) is 5.92 Å². The maximum Gasteiger partial charge on any atom is 0.00895 e. The van der Waals surface area contributed by atoms with Gasteiger partial charge in [-0.05, 0) is 45.7 Å². The first-order valence-corrected chi connectivity index (χ1v) is 4.53. The van der Waals surface area contributed by atoms with Gasteiger partial charge in [-0.2, -0.15) is 0 Å². The van der Waals surface area contributed by atoms with Crippen LogP contribution in [-0.4, -0.2) is 25.0 Å². The Morgan fingerprint density at radius 3 is 2.09 bits per heavy atom. The fraction of sp³-hybridized carbons (Fsp3) is 0.800. The van der Waals surface area contributed by atoms with Crippen molar-refractivity contribution in [2.75, 3.05) is 14.1 Å². The highest BCUT2D eigenvalue weighted by molar-refractivity contribution is 4.86. The molecule has 0 atom stereocenters. The minimum absolute atomic E-state index is 0.797. The molecule has 64 valence electrons. The molecule has 0 aromatic heterocycles. The van der Waals surface area contributed by atoms with E-state index >= 15 is 0 Å². The third-order valence-corrected chi connectivity index (χ3v) is 2.80. The zero-order valence-corrected chi connectivity index (χ0v) is 7.71. The van der Waals surface area contributed by atoms with Gasteiger partial charge >= 0.3 is 0 Å². The molecule has 0 N–H and O–H groups in total. The molecular weight excluding hydrogens is 134 g/mol. The van der Waals surface area contributed by atoms with E-state index in [1.807, 2.05) is 0 Å². The van der Waals surface area contributed by atoms with E-state index in [-0.39, 0.29) is 0 Å². The van der Waals surface area contributed by atoms with Gasteiger partial charge in [-0.1, -0.05) is 6.08 Å². The third kappa shape index (κ3) is 2.33. The Hall–Kier alpha value is -0.300. The Balaban J connectivity index is 2.29. The predicted octanol–water partition coefficient (Wildman–Crippen LogP) is 2.29. The largest absolute Gasteiger partial charge is 0.306 e. The topological polar surface area (TPSA) is 3.24 Å². The standard InChI is InChI=1S/C10H19N/c1-4-9-5-7-10(8-6-9)11(2)3/h4,9-10H,1,5-8H2,2-3H3. The number of hydrogen-bond acceptors (Lipinski definition) is 1. The number of hydrogen-bond donors (Lipinski definition) is 0. The first kappa shape index (κ1) is 8.79. The molecule has 0 unspecified atom stereocenters. The van der Waals surface area contributed by atoms with E-state index in [9.17, 15) is 0 Å². The summed E-state index contributed by atoms with van der Waals surface area (Å²) in [6.45, 7) is 3.84. The lowest BCUT2D eigenvalue weighted by molar-refractivity contribution is 0.209. The summed E-state index contributed by atoms with van der Waals surface area (Å²) >= 11 is 0. The van der Waals surface area contributed by atoms with E-state index in [1.54, 1.807) is 0 Å². The van der Waals surface area contributed by atoms with Crippen molar-refractivity contribution < 1.29 is 0 Å². The van der Waals surface area contributed by atoms with Crippen LogP contribution in [0.15, 0.2) is 12.7 Å². The van der Waals surface area contributed by atoms with Crippen LogP contribution in [0.25, 0.3) is 0 Å². The zero-order chi connectivity index (χ0) is 8.27. The molecule has 1 nitrogen and oxygen atoms in total. The molecule has 1 rings (SSSR count). The Morgan fingerprint density at radius 1 is 1.18 bits per heavy atom. The lowest BCUT2D eigenvalue weighted by atomic mass is 9.86. The van der Waals surface area contributed by atoms with Crippen molar-refractivity contribution in [1.29, 1.82) is 0 Å². The quantitative estimate of drug-likeness (QED) is 0.550. The van der Waals surface area contributed by atoms with E-state index in [1.165, 1.54) is 25.7 Å². The van der Waals surface area contributed by atoms with Gasteiger partial charge in [0.15, 0.2) is 0 Å². The molecule has 1 saturated carbocycles. The summed E-state index contributed by atoms with van der Waals surface area (Å²) in [5, 5.41) is 0. The first-order valence-electron chi connectivity index (χ1n) is 4.53. The molecule has 1 heteroatoms. The second kappa shape index (κ2) is 3.91. The van der Waals surface area contributed by atoms with Gasteiger partial charge in [-0.15, -0.1) is 6.58 Å². The van der Waals surface area contributed by atoms with E-state index in [0.717, 1.165) is 12.0 Å². The normalized spacial score (nSPS) is 32.3. The molecule has 1 fully saturated rings. The predicted molar refractivity (Wildman–Crippen MR) is 49.6 cm³/mol. The van der Waals surface area contributed by atoms with E-state index in [0.29, 0.717) is 0 Å². The van der Waals surface area contributed by atoms with Crippen molar-refractivity contribution >= 4 is 0 Å². The Bertz CT molecular complexity index is 121. The molecule has 0 bridgehead atoms. The molecule has 1 aliphatic carbocycles. The molecule has 0 aromatic carbocycles. The Morgan fingerprint density at radius 2 is 1.73 bits per heavy atom. The van der Waals surface area contributed by atoms with Gasteiger partial charge in [0.1, 0.15) is 0 Å². The zero-order valence-electron chi connectivity index (χ0n) is 7.71. The summed E-state index contributed by atoms with van der Waals surface area (Å²) < 4.78 is 0. The molecule has 0 radical (unpaired) electrons. The lowest BCUT2D eigenvalue weighted by Crippen LogP contribution is -2.31. The van der Waals surface area contributed by atoms with Crippen LogP contribution in [-0.2, 0) is 0 Å². The van der Waals surface area contributed by atoms with Crippen LogP contribution < -0.4 is 0 Å². The van der Waals surface area contributed by atoms with Gasteiger partial charge in [0.2, 0.25) is 0 Å².